The second-order valence-corrected chi connectivity index (χ2v) is 4.68. The zero-order valence-electron chi connectivity index (χ0n) is 9.04. The Labute approximate surface area is 81.2 Å². The Morgan fingerprint density at radius 1 is 1.15 bits per heavy atom. The summed E-state index contributed by atoms with van der Waals surface area (Å²) in [6.45, 7) is 8.29. The van der Waals surface area contributed by atoms with Gasteiger partial charge in [0.15, 0.2) is 0 Å². The van der Waals surface area contributed by atoms with Crippen LogP contribution in [0.4, 0.5) is 0 Å². The van der Waals surface area contributed by atoms with Gasteiger partial charge in [0.25, 0.3) is 0 Å². The van der Waals surface area contributed by atoms with E-state index in [4.69, 9.17) is 0 Å². The van der Waals surface area contributed by atoms with E-state index >= 15 is 0 Å². The summed E-state index contributed by atoms with van der Waals surface area (Å²) in [5.74, 6) is 0.169. The van der Waals surface area contributed by atoms with E-state index in [1.165, 1.54) is 0 Å². The van der Waals surface area contributed by atoms with E-state index in [9.17, 15) is 5.11 Å². The Balaban J connectivity index is 2.86. The standard InChI is InChI=1S/C12H20O/c1-5-11(2,3)12(4,13)10-8-6-7-9-10/h6-10,13H,5H2,1-4H3. The van der Waals surface area contributed by atoms with Crippen LogP contribution in [0.15, 0.2) is 24.3 Å². The maximum atomic E-state index is 10.4. The van der Waals surface area contributed by atoms with E-state index in [1.54, 1.807) is 0 Å². The van der Waals surface area contributed by atoms with Gasteiger partial charge in [-0.25, -0.2) is 0 Å². The Kier molecular flexibility index (Phi) is 2.67. The number of allylic oxidation sites excluding steroid dienone is 2. The molecule has 0 aliphatic heterocycles. The number of hydrogen-bond acceptors (Lipinski definition) is 1. The summed E-state index contributed by atoms with van der Waals surface area (Å²) in [4.78, 5) is 0. The molecule has 1 unspecified atom stereocenters. The van der Waals surface area contributed by atoms with E-state index in [2.05, 4.69) is 32.9 Å². The van der Waals surface area contributed by atoms with Gasteiger partial charge in [0, 0.05) is 5.92 Å². The lowest BCUT2D eigenvalue weighted by Gasteiger charge is -2.42. The van der Waals surface area contributed by atoms with Gasteiger partial charge in [-0.2, -0.15) is 0 Å². The minimum atomic E-state index is -0.648. The molecule has 0 bridgehead atoms. The third-order valence-corrected chi connectivity index (χ3v) is 3.65. The molecule has 1 aliphatic rings. The molecule has 0 aromatic rings. The summed E-state index contributed by atoms with van der Waals surface area (Å²) in [6, 6.07) is 0. The Hall–Kier alpha value is -0.560. The first kappa shape index (κ1) is 10.5. The molecule has 1 rings (SSSR count). The summed E-state index contributed by atoms with van der Waals surface area (Å²) < 4.78 is 0. The fraction of sp³-hybridized carbons (Fsp3) is 0.667. The van der Waals surface area contributed by atoms with Crippen LogP contribution in [0.2, 0.25) is 0 Å². The van der Waals surface area contributed by atoms with Crippen LogP contribution in [0.1, 0.15) is 34.1 Å². The van der Waals surface area contributed by atoms with Crippen LogP contribution in [0.25, 0.3) is 0 Å². The first-order valence-electron chi connectivity index (χ1n) is 4.99. The summed E-state index contributed by atoms with van der Waals surface area (Å²) in [7, 11) is 0. The third-order valence-electron chi connectivity index (χ3n) is 3.65. The third kappa shape index (κ3) is 1.71. The van der Waals surface area contributed by atoms with Crippen LogP contribution in [0.3, 0.4) is 0 Å². The second kappa shape index (κ2) is 3.30. The Morgan fingerprint density at radius 3 is 2.00 bits per heavy atom. The van der Waals surface area contributed by atoms with Gasteiger partial charge in [0.05, 0.1) is 5.60 Å². The lowest BCUT2D eigenvalue weighted by Crippen LogP contribution is -2.46. The largest absolute Gasteiger partial charge is 0.389 e. The maximum Gasteiger partial charge on any atom is 0.0767 e. The summed E-state index contributed by atoms with van der Waals surface area (Å²) in [5.41, 5.74) is -0.693. The van der Waals surface area contributed by atoms with Crippen molar-refractivity contribution < 1.29 is 5.11 Å². The average molecular weight is 180 g/mol. The molecule has 1 N–H and O–H groups in total. The molecule has 1 heteroatoms. The molecule has 0 aromatic heterocycles. The van der Waals surface area contributed by atoms with Crippen molar-refractivity contribution in [2.75, 3.05) is 0 Å². The zero-order valence-corrected chi connectivity index (χ0v) is 9.04. The Bertz CT molecular complexity index is 222. The predicted molar refractivity (Wildman–Crippen MR) is 56.5 cm³/mol. The van der Waals surface area contributed by atoms with Crippen molar-refractivity contribution in [2.45, 2.75) is 39.7 Å². The van der Waals surface area contributed by atoms with Crippen molar-refractivity contribution in [1.29, 1.82) is 0 Å². The summed E-state index contributed by atoms with van der Waals surface area (Å²) >= 11 is 0. The van der Waals surface area contributed by atoms with Gasteiger partial charge in [0.2, 0.25) is 0 Å². The zero-order chi connectivity index (χ0) is 10.1. The topological polar surface area (TPSA) is 20.2 Å². The van der Waals surface area contributed by atoms with Crippen LogP contribution in [0.5, 0.6) is 0 Å². The summed E-state index contributed by atoms with van der Waals surface area (Å²) in [6.07, 6.45) is 9.13. The van der Waals surface area contributed by atoms with Crippen LogP contribution in [-0.4, -0.2) is 10.7 Å². The molecule has 0 saturated heterocycles. The van der Waals surface area contributed by atoms with Gasteiger partial charge < -0.3 is 5.11 Å². The molecule has 13 heavy (non-hydrogen) atoms. The van der Waals surface area contributed by atoms with Gasteiger partial charge in [0.1, 0.15) is 0 Å². The van der Waals surface area contributed by atoms with Crippen molar-refractivity contribution in [3.8, 4) is 0 Å². The fourth-order valence-electron chi connectivity index (χ4n) is 1.62. The van der Waals surface area contributed by atoms with E-state index in [-0.39, 0.29) is 11.3 Å². The minimum Gasteiger partial charge on any atom is -0.389 e. The van der Waals surface area contributed by atoms with Gasteiger partial charge in [-0.15, -0.1) is 0 Å². The molecule has 1 aliphatic carbocycles. The average Bonchev–Trinajstić information content (AvgIpc) is 2.56. The monoisotopic (exact) mass is 180 g/mol. The number of hydrogen-bond donors (Lipinski definition) is 1. The molecule has 0 heterocycles. The van der Waals surface area contributed by atoms with Crippen molar-refractivity contribution in [3.05, 3.63) is 24.3 Å². The van der Waals surface area contributed by atoms with Gasteiger partial charge >= 0.3 is 0 Å². The molecular weight excluding hydrogens is 160 g/mol. The van der Waals surface area contributed by atoms with Crippen LogP contribution in [-0.2, 0) is 0 Å². The number of aliphatic hydroxyl groups is 1. The van der Waals surface area contributed by atoms with Gasteiger partial charge in [-0.3, -0.25) is 0 Å². The first-order valence-corrected chi connectivity index (χ1v) is 4.99. The second-order valence-electron chi connectivity index (χ2n) is 4.68. The normalized spacial score (nSPS) is 22.2. The van der Waals surface area contributed by atoms with Crippen LogP contribution >= 0.6 is 0 Å². The lowest BCUT2D eigenvalue weighted by atomic mass is 9.68. The highest BCUT2D eigenvalue weighted by molar-refractivity contribution is 5.23. The first-order chi connectivity index (χ1) is 5.92. The fourth-order valence-corrected chi connectivity index (χ4v) is 1.62. The van der Waals surface area contributed by atoms with Crippen LogP contribution in [0, 0.1) is 11.3 Å². The molecule has 0 aromatic carbocycles. The molecular formula is C12H20O. The van der Waals surface area contributed by atoms with Crippen molar-refractivity contribution >= 4 is 0 Å². The minimum absolute atomic E-state index is 0.0450. The van der Waals surface area contributed by atoms with Crippen LogP contribution < -0.4 is 0 Å². The van der Waals surface area contributed by atoms with E-state index < -0.39 is 5.60 Å². The molecule has 1 atom stereocenters. The SMILES string of the molecule is CCC(C)(C)C(C)(O)C1C=CC=C1. The van der Waals surface area contributed by atoms with E-state index in [0.717, 1.165) is 6.42 Å². The van der Waals surface area contributed by atoms with Crippen molar-refractivity contribution in [2.24, 2.45) is 11.3 Å². The highest BCUT2D eigenvalue weighted by Gasteiger charge is 2.42. The summed E-state index contributed by atoms with van der Waals surface area (Å²) in [5, 5.41) is 10.4. The highest BCUT2D eigenvalue weighted by atomic mass is 16.3. The molecule has 0 spiro atoms. The highest BCUT2D eigenvalue weighted by Crippen LogP contribution is 2.41. The maximum absolute atomic E-state index is 10.4. The van der Waals surface area contributed by atoms with Crippen molar-refractivity contribution in [1.82, 2.24) is 0 Å². The smallest absolute Gasteiger partial charge is 0.0767 e. The molecule has 0 radical (unpaired) electrons. The molecule has 0 amide bonds. The number of rotatable bonds is 3. The predicted octanol–water partition coefficient (Wildman–Crippen LogP) is 2.92. The quantitative estimate of drug-likeness (QED) is 0.708. The van der Waals surface area contributed by atoms with E-state index in [0.29, 0.717) is 0 Å². The lowest BCUT2D eigenvalue weighted by molar-refractivity contribution is -0.0726. The Morgan fingerprint density at radius 2 is 1.62 bits per heavy atom. The van der Waals surface area contributed by atoms with E-state index in [1.807, 2.05) is 19.1 Å². The molecule has 74 valence electrons. The molecule has 0 saturated carbocycles. The molecule has 0 fully saturated rings. The van der Waals surface area contributed by atoms with Gasteiger partial charge in [-0.1, -0.05) is 45.1 Å². The molecule has 1 nitrogen and oxygen atoms in total. The van der Waals surface area contributed by atoms with Crippen molar-refractivity contribution in [3.63, 3.8) is 0 Å². The van der Waals surface area contributed by atoms with Gasteiger partial charge in [-0.05, 0) is 18.8 Å².